The number of halogens is 3. The Bertz CT molecular complexity index is 168. The minimum atomic E-state index is -4.49. The lowest BCUT2D eigenvalue weighted by molar-refractivity contribution is -0.274. The Morgan fingerprint density at radius 3 is 1.92 bits per heavy atom. The average Bonchev–Trinajstić information content (AvgIpc) is 2.04. The third kappa shape index (κ3) is 2.16. The highest BCUT2D eigenvalue weighted by Crippen LogP contribution is 2.42. The van der Waals surface area contributed by atoms with Crippen LogP contribution in [0.15, 0.2) is 0 Å². The van der Waals surface area contributed by atoms with Crippen LogP contribution < -0.4 is 0 Å². The number of hydrogen-bond acceptors (Lipinski definition) is 1. The third-order valence-electron chi connectivity index (χ3n) is 2.97. The molecule has 1 saturated carbocycles. The summed E-state index contributed by atoms with van der Waals surface area (Å²) >= 11 is 0. The molecule has 1 aliphatic carbocycles. The summed E-state index contributed by atoms with van der Waals surface area (Å²) in [6, 6.07) is 0. The second-order valence-corrected chi connectivity index (χ2v) is 3.98. The Kier molecular flexibility index (Phi) is 2.90. The summed E-state index contributed by atoms with van der Waals surface area (Å²) in [6.45, 7) is 0.892. The van der Waals surface area contributed by atoms with Gasteiger partial charge in [-0.1, -0.05) is 19.3 Å². The van der Waals surface area contributed by atoms with Gasteiger partial charge in [0.15, 0.2) is 5.60 Å². The van der Waals surface area contributed by atoms with E-state index in [4.69, 9.17) is 0 Å². The van der Waals surface area contributed by atoms with Crippen LogP contribution in [0.5, 0.6) is 0 Å². The van der Waals surface area contributed by atoms with Crippen molar-refractivity contribution in [3.8, 4) is 0 Å². The zero-order valence-corrected chi connectivity index (χ0v) is 7.69. The van der Waals surface area contributed by atoms with Crippen LogP contribution in [0.2, 0.25) is 0 Å². The number of hydrogen-bond donors (Lipinski definition) is 1. The summed E-state index contributed by atoms with van der Waals surface area (Å²) in [6.07, 6.45) is -0.910. The summed E-state index contributed by atoms with van der Waals surface area (Å²) in [7, 11) is 0. The van der Waals surface area contributed by atoms with Crippen molar-refractivity contribution in [1.29, 1.82) is 0 Å². The fourth-order valence-corrected chi connectivity index (χ4v) is 1.90. The highest BCUT2D eigenvalue weighted by Gasteiger charge is 2.54. The Labute approximate surface area is 75.9 Å². The normalized spacial score (nSPS) is 25.6. The zero-order chi connectivity index (χ0) is 10.1. The fourth-order valence-electron chi connectivity index (χ4n) is 1.90. The molecule has 1 rings (SSSR count). The Morgan fingerprint density at radius 1 is 1.08 bits per heavy atom. The number of alkyl halides is 3. The van der Waals surface area contributed by atoms with E-state index in [1.807, 2.05) is 0 Å². The van der Waals surface area contributed by atoms with Crippen molar-refractivity contribution in [3.05, 3.63) is 0 Å². The van der Waals surface area contributed by atoms with Crippen LogP contribution in [0.4, 0.5) is 13.2 Å². The largest absolute Gasteiger partial charge is 0.417 e. The fraction of sp³-hybridized carbons (Fsp3) is 1.00. The molecule has 0 radical (unpaired) electrons. The predicted molar refractivity (Wildman–Crippen MR) is 43.3 cm³/mol. The van der Waals surface area contributed by atoms with E-state index < -0.39 is 17.7 Å². The molecule has 0 spiro atoms. The van der Waals surface area contributed by atoms with Crippen molar-refractivity contribution < 1.29 is 18.3 Å². The molecule has 1 unspecified atom stereocenters. The summed E-state index contributed by atoms with van der Waals surface area (Å²) in [5, 5.41) is 9.35. The first-order valence-electron chi connectivity index (χ1n) is 4.65. The molecule has 4 heteroatoms. The van der Waals surface area contributed by atoms with Gasteiger partial charge < -0.3 is 5.11 Å². The first kappa shape index (κ1) is 10.8. The number of rotatable bonds is 1. The maximum Gasteiger partial charge on any atom is 0.417 e. The molecule has 0 bridgehead atoms. The van der Waals surface area contributed by atoms with E-state index in [1.54, 1.807) is 0 Å². The van der Waals surface area contributed by atoms with E-state index in [2.05, 4.69) is 0 Å². The van der Waals surface area contributed by atoms with Gasteiger partial charge >= 0.3 is 6.18 Å². The summed E-state index contributed by atoms with van der Waals surface area (Å²) < 4.78 is 37.1. The molecule has 1 N–H and O–H groups in total. The molecule has 1 fully saturated rings. The molecule has 0 aromatic rings. The Morgan fingerprint density at radius 2 is 1.54 bits per heavy atom. The van der Waals surface area contributed by atoms with Gasteiger partial charge in [-0.15, -0.1) is 0 Å². The lowest BCUT2D eigenvalue weighted by atomic mass is 9.77. The maximum atomic E-state index is 12.4. The van der Waals surface area contributed by atoms with E-state index >= 15 is 0 Å². The van der Waals surface area contributed by atoms with Crippen molar-refractivity contribution >= 4 is 0 Å². The molecule has 0 saturated heterocycles. The second-order valence-electron chi connectivity index (χ2n) is 3.98. The van der Waals surface area contributed by atoms with Crippen molar-refractivity contribution in [1.82, 2.24) is 0 Å². The summed E-state index contributed by atoms with van der Waals surface area (Å²) in [5.41, 5.74) is -2.49. The van der Waals surface area contributed by atoms with Crippen LogP contribution in [0.25, 0.3) is 0 Å². The minimum absolute atomic E-state index is 0.493. The van der Waals surface area contributed by atoms with Gasteiger partial charge in [-0.05, 0) is 25.7 Å². The molecular formula is C9H15F3O. The molecule has 1 nitrogen and oxygen atoms in total. The van der Waals surface area contributed by atoms with Crippen LogP contribution in [-0.2, 0) is 0 Å². The van der Waals surface area contributed by atoms with Gasteiger partial charge in [0.05, 0.1) is 0 Å². The van der Waals surface area contributed by atoms with Gasteiger partial charge in [0.1, 0.15) is 0 Å². The van der Waals surface area contributed by atoms with Crippen molar-refractivity contribution in [2.75, 3.05) is 0 Å². The first-order chi connectivity index (χ1) is 5.86. The molecule has 1 atom stereocenters. The van der Waals surface area contributed by atoms with Gasteiger partial charge in [0.25, 0.3) is 0 Å². The molecular weight excluding hydrogens is 181 g/mol. The SMILES string of the molecule is CC(O)(C1CCCCC1)C(F)(F)F. The topological polar surface area (TPSA) is 20.2 Å². The Balaban J connectivity index is 2.67. The molecule has 1 aliphatic rings. The predicted octanol–water partition coefficient (Wildman–Crippen LogP) is 2.88. The van der Waals surface area contributed by atoms with Gasteiger partial charge in [0.2, 0.25) is 0 Å². The van der Waals surface area contributed by atoms with Crippen LogP contribution in [0.3, 0.4) is 0 Å². The second kappa shape index (κ2) is 3.48. The van der Waals surface area contributed by atoms with Gasteiger partial charge in [-0.25, -0.2) is 0 Å². The van der Waals surface area contributed by atoms with Gasteiger partial charge in [-0.2, -0.15) is 13.2 Å². The van der Waals surface area contributed by atoms with Crippen LogP contribution >= 0.6 is 0 Å². The smallest absolute Gasteiger partial charge is 0.380 e. The van der Waals surface area contributed by atoms with E-state index in [0.717, 1.165) is 26.2 Å². The maximum absolute atomic E-state index is 12.4. The molecule has 0 aromatic heterocycles. The van der Waals surface area contributed by atoms with Crippen LogP contribution in [0.1, 0.15) is 39.0 Å². The summed E-state index contributed by atoms with van der Waals surface area (Å²) in [5.74, 6) is -0.610. The van der Waals surface area contributed by atoms with E-state index in [9.17, 15) is 18.3 Å². The minimum Gasteiger partial charge on any atom is -0.380 e. The molecule has 13 heavy (non-hydrogen) atoms. The van der Waals surface area contributed by atoms with Crippen molar-refractivity contribution in [3.63, 3.8) is 0 Å². The van der Waals surface area contributed by atoms with Crippen LogP contribution in [0, 0.1) is 5.92 Å². The van der Waals surface area contributed by atoms with Gasteiger partial charge in [0, 0.05) is 0 Å². The first-order valence-corrected chi connectivity index (χ1v) is 4.65. The highest BCUT2D eigenvalue weighted by atomic mass is 19.4. The zero-order valence-electron chi connectivity index (χ0n) is 7.69. The van der Waals surface area contributed by atoms with Gasteiger partial charge in [-0.3, -0.25) is 0 Å². The molecule has 78 valence electrons. The quantitative estimate of drug-likeness (QED) is 0.683. The Hall–Kier alpha value is -0.250. The standard InChI is InChI=1S/C9H15F3O/c1-8(13,9(10,11)12)7-5-3-2-4-6-7/h7,13H,2-6H2,1H3. The highest BCUT2D eigenvalue weighted by molar-refractivity contribution is 4.90. The lowest BCUT2D eigenvalue weighted by Crippen LogP contribution is -2.49. The van der Waals surface area contributed by atoms with E-state index in [1.165, 1.54) is 0 Å². The van der Waals surface area contributed by atoms with Crippen molar-refractivity contribution in [2.24, 2.45) is 5.92 Å². The lowest BCUT2D eigenvalue weighted by Gasteiger charge is -2.36. The van der Waals surface area contributed by atoms with E-state index in [-0.39, 0.29) is 0 Å². The van der Waals surface area contributed by atoms with E-state index in [0.29, 0.717) is 12.8 Å². The molecule has 0 aliphatic heterocycles. The molecule has 0 amide bonds. The molecule has 0 aromatic carbocycles. The molecule has 0 heterocycles. The van der Waals surface area contributed by atoms with Crippen LogP contribution in [-0.4, -0.2) is 16.9 Å². The summed E-state index contributed by atoms with van der Waals surface area (Å²) in [4.78, 5) is 0. The number of aliphatic hydroxyl groups is 1. The monoisotopic (exact) mass is 196 g/mol. The third-order valence-corrected chi connectivity index (χ3v) is 2.97. The van der Waals surface area contributed by atoms with Crippen molar-refractivity contribution in [2.45, 2.75) is 50.8 Å². The average molecular weight is 196 g/mol.